The van der Waals surface area contributed by atoms with Crippen molar-refractivity contribution < 1.29 is 9.84 Å². The van der Waals surface area contributed by atoms with Crippen molar-refractivity contribution in [2.75, 3.05) is 7.11 Å². The van der Waals surface area contributed by atoms with E-state index in [2.05, 4.69) is 21.4 Å². The van der Waals surface area contributed by atoms with Gasteiger partial charge < -0.3 is 9.84 Å². The smallest absolute Gasteiger partial charge is 0.141 e. The van der Waals surface area contributed by atoms with E-state index in [1.807, 2.05) is 10.6 Å². The van der Waals surface area contributed by atoms with Crippen LogP contribution in [-0.4, -0.2) is 36.6 Å². The molecule has 140 valence electrons. The molecule has 3 aromatic heterocycles. The third-order valence-corrected chi connectivity index (χ3v) is 6.17. The molecule has 0 radical (unpaired) electrons. The van der Waals surface area contributed by atoms with Crippen molar-refractivity contribution >= 4 is 16.2 Å². The molecule has 1 aromatic carbocycles. The van der Waals surface area contributed by atoms with E-state index < -0.39 is 6.10 Å². The van der Waals surface area contributed by atoms with E-state index in [9.17, 15) is 10.4 Å². The minimum atomic E-state index is -0.902. The number of imidazole rings is 1. The van der Waals surface area contributed by atoms with Crippen molar-refractivity contribution in [3.8, 4) is 17.5 Å². The van der Waals surface area contributed by atoms with Gasteiger partial charge in [0.1, 0.15) is 34.8 Å². The lowest BCUT2D eigenvalue weighted by Crippen LogP contribution is -2.06. The maximum absolute atomic E-state index is 11.1. The van der Waals surface area contributed by atoms with Gasteiger partial charge in [0.15, 0.2) is 0 Å². The Morgan fingerprint density at radius 3 is 3.00 bits per heavy atom. The Bertz CT molecular complexity index is 1210. The van der Waals surface area contributed by atoms with Gasteiger partial charge in [-0.2, -0.15) is 5.26 Å². The average Bonchev–Trinajstić information content (AvgIpc) is 3.13. The lowest BCUT2D eigenvalue weighted by molar-refractivity contribution is 0.208. The molecule has 0 amide bonds. The maximum Gasteiger partial charge on any atom is 0.141 e. The van der Waals surface area contributed by atoms with Gasteiger partial charge in [0.2, 0.25) is 0 Å². The first-order valence-electron chi connectivity index (χ1n) is 8.83. The predicted octanol–water partition coefficient (Wildman–Crippen LogP) is 2.82. The fourth-order valence-electron chi connectivity index (χ4n) is 3.32. The van der Waals surface area contributed by atoms with Crippen LogP contribution in [0.1, 0.15) is 46.7 Å². The molecule has 3 heterocycles. The molecule has 1 atom stereocenters. The van der Waals surface area contributed by atoms with E-state index >= 15 is 0 Å². The summed E-state index contributed by atoms with van der Waals surface area (Å²) >= 11 is 1.67. The zero-order valence-corrected chi connectivity index (χ0v) is 15.8. The Labute approximate surface area is 164 Å². The van der Waals surface area contributed by atoms with Crippen LogP contribution in [0.5, 0.6) is 5.75 Å². The minimum Gasteiger partial charge on any atom is -0.495 e. The highest BCUT2D eigenvalue weighted by Crippen LogP contribution is 2.47. The highest BCUT2D eigenvalue weighted by molar-refractivity contribution is 7.17. The van der Waals surface area contributed by atoms with Gasteiger partial charge in [0.25, 0.3) is 0 Å². The summed E-state index contributed by atoms with van der Waals surface area (Å²) < 4.78 is 8.66. The highest BCUT2D eigenvalue weighted by Gasteiger charge is 2.33. The number of benzene rings is 1. The topological polar surface area (TPSA) is 101 Å². The number of nitriles is 1. The van der Waals surface area contributed by atoms with Gasteiger partial charge in [-0.05, 0) is 37.0 Å². The fraction of sp³-hybridized carbons (Fsp3) is 0.263. The molecule has 0 bridgehead atoms. The van der Waals surface area contributed by atoms with Crippen molar-refractivity contribution in [2.24, 2.45) is 0 Å². The Balaban J connectivity index is 1.53. The first-order chi connectivity index (χ1) is 13.7. The molecule has 0 aliphatic heterocycles. The predicted molar refractivity (Wildman–Crippen MR) is 102 cm³/mol. The number of nitrogens with zero attached hydrogens (tertiary/aromatic N) is 6. The van der Waals surface area contributed by atoms with Gasteiger partial charge >= 0.3 is 0 Å². The number of rotatable bonds is 5. The molecule has 1 aliphatic rings. The quantitative estimate of drug-likeness (QED) is 0.560. The summed E-state index contributed by atoms with van der Waals surface area (Å²) in [4.78, 5) is 6.39. The molecular formula is C19H16N6O2S. The van der Waals surface area contributed by atoms with Crippen LogP contribution in [0.25, 0.3) is 10.5 Å². The Kier molecular flexibility index (Phi) is 3.89. The van der Waals surface area contributed by atoms with Crippen molar-refractivity contribution in [1.29, 1.82) is 5.26 Å². The molecule has 4 aromatic rings. The maximum atomic E-state index is 11.1. The van der Waals surface area contributed by atoms with E-state index in [4.69, 9.17) is 4.74 Å². The fourth-order valence-corrected chi connectivity index (χ4v) is 4.62. The van der Waals surface area contributed by atoms with Crippen molar-refractivity contribution in [1.82, 2.24) is 24.4 Å². The molecule has 0 spiro atoms. The van der Waals surface area contributed by atoms with Crippen molar-refractivity contribution in [3.05, 3.63) is 58.7 Å². The van der Waals surface area contributed by atoms with E-state index in [-0.39, 0.29) is 0 Å². The Hall–Kier alpha value is -3.22. The Morgan fingerprint density at radius 2 is 2.25 bits per heavy atom. The van der Waals surface area contributed by atoms with E-state index in [1.165, 1.54) is 12.0 Å². The Morgan fingerprint density at radius 1 is 1.39 bits per heavy atom. The first-order valence-corrected chi connectivity index (χ1v) is 9.64. The number of aromatic nitrogens is 5. The van der Waals surface area contributed by atoms with Crippen LogP contribution in [0, 0.1) is 11.3 Å². The molecule has 1 saturated carbocycles. The van der Waals surface area contributed by atoms with Gasteiger partial charge in [-0.15, -0.1) is 16.4 Å². The van der Waals surface area contributed by atoms with Crippen molar-refractivity contribution in [3.63, 3.8) is 0 Å². The van der Waals surface area contributed by atoms with Gasteiger partial charge in [-0.1, -0.05) is 5.21 Å². The summed E-state index contributed by atoms with van der Waals surface area (Å²) in [6.45, 7) is 0. The normalized spacial score (nSPS) is 14.9. The number of thiazole rings is 1. The molecule has 1 fully saturated rings. The molecule has 1 aliphatic carbocycles. The van der Waals surface area contributed by atoms with Gasteiger partial charge in [0.05, 0.1) is 36.4 Å². The standard InChI is InChI=1S/C19H16N6O2S/c1-27-15-5-4-13(6-12(15)7-20)25-9-14(22-23-25)18(26)17-19(11-2-3-11)28-16-8-21-10-24(16)17/h4-6,8-11,18,26H,2-3H2,1H3. The minimum absolute atomic E-state index is 0.409. The van der Waals surface area contributed by atoms with Crippen LogP contribution >= 0.6 is 11.3 Å². The second kappa shape index (κ2) is 6.44. The zero-order valence-electron chi connectivity index (χ0n) is 15.0. The van der Waals surface area contributed by atoms with E-state index in [0.29, 0.717) is 28.6 Å². The van der Waals surface area contributed by atoms with E-state index in [1.54, 1.807) is 46.7 Å². The number of aliphatic hydroxyl groups excluding tert-OH is 1. The summed E-state index contributed by atoms with van der Waals surface area (Å²) in [5, 5.41) is 28.7. The molecule has 1 unspecified atom stereocenters. The molecule has 8 nitrogen and oxygen atoms in total. The van der Waals surface area contributed by atoms with E-state index in [0.717, 1.165) is 23.4 Å². The molecule has 9 heteroatoms. The third kappa shape index (κ3) is 2.66. The number of fused-ring (bicyclic) bond motifs is 1. The van der Waals surface area contributed by atoms with Crippen LogP contribution in [0.4, 0.5) is 0 Å². The monoisotopic (exact) mass is 392 g/mol. The summed E-state index contributed by atoms with van der Waals surface area (Å²) in [6, 6.07) is 7.29. The summed E-state index contributed by atoms with van der Waals surface area (Å²) in [5.74, 6) is 1.01. The zero-order chi connectivity index (χ0) is 19.3. The number of hydrogen-bond donors (Lipinski definition) is 1. The van der Waals surface area contributed by atoms with Crippen LogP contribution in [-0.2, 0) is 0 Å². The molecule has 0 saturated heterocycles. The summed E-state index contributed by atoms with van der Waals surface area (Å²) in [5.41, 5.74) is 2.35. The van der Waals surface area contributed by atoms with Gasteiger partial charge in [0, 0.05) is 4.88 Å². The molecule has 1 N–H and O–H groups in total. The number of hydrogen-bond acceptors (Lipinski definition) is 7. The molecule has 5 rings (SSSR count). The highest BCUT2D eigenvalue weighted by atomic mass is 32.1. The van der Waals surface area contributed by atoms with Crippen LogP contribution < -0.4 is 4.74 Å². The largest absolute Gasteiger partial charge is 0.495 e. The lowest BCUT2D eigenvalue weighted by Gasteiger charge is -2.09. The second-order valence-corrected chi connectivity index (χ2v) is 7.78. The lowest BCUT2D eigenvalue weighted by atomic mass is 10.1. The average molecular weight is 392 g/mol. The third-order valence-electron chi connectivity index (χ3n) is 4.90. The summed E-state index contributed by atoms with van der Waals surface area (Å²) in [7, 11) is 1.52. The number of methoxy groups -OCH3 is 1. The van der Waals surface area contributed by atoms with Crippen LogP contribution in [0.2, 0.25) is 0 Å². The molecule has 28 heavy (non-hydrogen) atoms. The van der Waals surface area contributed by atoms with Gasteiger partial charge in [-0.25, -0.2) is 9.67 Å². The van der Waals surface area contributed by atoms with Crippen LogP contribution in [0.15, 0.2) is 36.9 Å². The van der Waals surface area contributed by atoms with Gasteiger partial charge in [-0.3, -0.25) is 4.40 Å². The second-order valence-electron chi connectivity index (χ2n) is 6.71. The summed E-state index contributed by atoms with van der Waals surface area (Å²) in [6.07, 6.45) is 6.61. The SMILES string of the molecule is COc1ccc(-n2cc(C(O)c3c(C4CC4)sc4cncn34)nn2)cc1C#N. The van der Waals surface area contributed by atoms with Crippen LogP contribution in [0.3, 0.4) is 0 Å². The first kappa shape index (κ1) is 16.9. The molecular weight excluding hydrogens is 376 g/mol. The number of ether oxygens (including phenoxy) is 1. The van der Waals surface area contributed by atoms with Crippen molar-refractivity contribution in [2.45, 2.75) is 24.9 Å². The number of aliphatic hydroxyl groups is 1.